The third kappa shape index (κ3) is 3.98. The van der Waals surface area contributed by atoms with Gasteiger partial charge in [-0.1, -0.05) is 44.2 Å². The Labute approximate surface area is 141 Å². The smallest absolute Gasteiger partial charge is 0.315 e. The van der Waals surface area contributed by atoms with E-state index in [0.29, 0.717) is 11.8 Å². The number of carbonyl (C=O) groups is 1. The summed E-state index contributed by atoms with van der Waals surface area (Å²) in [7, 11) is 0. The van der Waals surface area contributed by atoms with Crippen molar-refractivity contribution in [3.63, 3.8) is 0 Å². The fraction of sp³-hybridized carbons (Fsp3) is 0.389. The first-order chi connectivity index (χ1) is 10.9. The van der Waals surface area contributed by atoms with E-state index < -0.39 is 11.5 Å². The first kappa shape index (κ1) is 17.6. The Morgan fingerprint density at radius 1 is 1.22 bits per heavy atom. The molecule has 2 rings (SSSR count). The van der Waals surface area contributed by atoms with Gasteiger partial charge in [0.2, 0.25) is 0 Å². The molecule has 0 aliphatic carbocycles. The molecule has 124 valence electrons. The molecule has 0 unspecified atom stereocenters. The van der Waals surface area contributed by atoms with Crippen LogP contribution < -0.4 is 0 Å². The highest BCUT2D eigenvalue weighted by Gasteiger charge is 2.30. The van der Waals surface area contributed by atoms with Crippen LogP contribution in [0.1, 0.15) is 31.9 Å². The number of benzene rings is 2. The van der Waals surface area contributed by atoms with Gasteiger partial charge in [0.15, 0.2) is 0 Å². The van der Waals surface area contributed by atoms with Gasteiger partial charge in [-0.05, 0) is 28.9 Å². The molecule has 0 heterocycles. The summed E-state index contributed by atoms with van der Waals surface area (Å²) < 4.78 is 5.05. The summed E-state index contributed by atoms with van der Waals surface area (Å²) in [5, 5.41) is 22.3. The Kier molecular flexibility index (Phi) is 5.55. The summed E-state index contributed by atoms with van der Waals surface area (Å²) in [5.41, 5.74) is 0.264. The third-order valence-corrected chi connectivity index (χ3v) is 4.37. The molecule has 0 radical (unpaired) electrons. The maximum Gasteiger partial charge on any atom is 0.315 e. The second-order valence-electron chi connectivity index (χ2n) is 6.24. The van der Waals surface area contributed by atoms with E-state index >= 15 is 0 Å². The lowest BCUT2D eigenvalue weighted by atomic mass is 9.79. The van der Waals surface area contributed by atoms with Crippen molar-refractivity contribution in [1.82, 2.24) is 0 Å². The number of ether oxygens (including phenoxy) is 1. The first-order valence-electron chi connectivity index (χ1n) is 7.52. The van der Waals surface area contributed by atoms with Gasteiger partial charge in [-0.2, -0.15) is 12.6 Å². The lowest BCUT2D eigenvalue weighted by Gasteiger charge is -2.31. The molecule has 5 heteroatoms. The Morgan fingerprint density at radius 2 is 1.87 bits per heavy atom. The molecule has 0 amide bonds. The van der Waals surface area contributed by atoms with Crippen LogP contribution in [-0.2, 0) is 9.53 Å². The molecule has 0 aromatic heterocycles. The van der Waals surface area contributed by atoms with Crippen molar-refractivity contribution in [2.75, 3.05) is 12.4 Å². The van der Waals surface area contributed by atoms with E-state index in [0.717, 1.165) is 10.9 Å². The van der Waals surface area contributed by atoms with Crippen molar-refractivity contribution in [3.05, 3.63) is 42.0 Å². The van der Waals surface area contributed by atoms with Crippen molar-refractivity contribution >= 4 is 29.4 Å². The van der Waals surface area contributed by atoms with Crippen LogP contribution >= 0.6 is 12.6 Å². The largest absolute Gasteiger partial charge is 0.507 e. The zero-order valence-electron chi connectivity index (χ0n) is 13.3. The van der Waals surface area contributed by atoms with Crippen molar-refractivity contribution < 1.29 is 19.7 Å². The predicted octanol–water partition coefficient (Wildman–Crippen LogP) is 3.47. The second kappa shape index (κ2) is 7.23. The predicted molar refractivity (Wildman–Crippen MR) is 93.8 cm³/mol. The number of hydrogen-bond donors (Lipinski definition) is 3. The van der Waals surface area contributed by atoms with E-state index in [1.807, 2.05) is 38.1 Å². The summed E-state index contributed by atoms with van der Waals surface area (Å²) in [6.45, 7) is 4.08. The minimum absolute atomic E-state index is 0.0472. The number of hydrogen-bond acceptors (Lipinski definition) is 5. The van der Waals surface area contributed by atoms with Gasteiger partial charge in [-0.25, -0.2) is 0 Å². The van der Waals surface area contributed by atoms with Crippen LogP contribution in [0.25, 0.3) is 10.8 Å². The number of fused-ring (bicyclic) bond motifs is 1. The van der Waals surface area contributed by atoms with Crippen LogP contribution in [0.2, 0.25) is 0 Å². The van der Waals surface area contributed by atoms with Crippen LogP contribution in [0.3, 0.4) is 0 Å². The average molecular weight is 334 g/mol. The molecule has 0 aliphatic heterocycles. The van der Waals surface area contributed by atoms with Crippen LogP contribution in [0, 0.1) is 5.41 Å². The van der Waals surface area contributed by atoms with E-state index in [9.17, 15) is 15.0 Å². The highest BCUT2D eigenvalue weighted by molar-refractivity contribution is 7.81. The lowest BCUT2D eigenvalue weighted by molar-refractivity contribution is -0.141. The summed E-state index contributed by atoms with van der Waals surface area (Å²) in [4.78, 5) is 11.2. The molecule has 0 bridgehead atoms. The van der Waals surface area contributed by atoms with E-state index in [1.54, 1.807) is 12.1 Å². The number of carbonyl (C=O) groups excluding carboxylic acids is 1. The fourth-order valence-corrected chi connectivity index (χ4v) is 2.67. The van der Waals surface area contributed by atoms with Crippen molar-refractivity contribution in [3.8, 4) is 5.75 Å². The third-order valence-electron chi connectivity index (χ3n) is 4.11. The van der Waals surface area contributed by atoms with Crippen LogP contribution in [0.15, 0.2) is 36.4 Å². The molecule has 0 saturated carbocycles. The number of esters is 1. The normalized spacial score (nSPS) is 13.0. The number of phenols is 1. The number of aliphatic hydroxyl groups excluding tert-OH is 1. The number of phenolic OH excluding ortho intramolecular Hbond substituents is 1. The van der Waals surface area contributed by atoms with Gasteiger partial charge in [-0.15, -0.1) is 0 Å². The lowest BCUT2D eigenvalue weighted by Crippen LogP contribution is -2.25. The Bertz CT molecular complexity index is 696. The highest BCUT2D eigenvalue weighted by atomic mass is 32.1. The highest BCUT2D eigenvalue weighted by Crippen LogP contribution is 2.40. The quantitative estimate of drug-likeness (QED) is 0.559. The molecule has 2 aromatic rings. The average Bonchev–Trinajstić information content (AvgIpc) is 2.54. The van der Waals surface area contributed by atoms with Crippen LogP contribution in [0.4, 0.5) is 0 Å². The number of thiol groups is 1. The first-order valence-corrected chi connectivity index (χ1v) is 8.15. The van der Waals surface area contributed by atoms with E-state index in [-0.39, 0.29) is 24.1 Å². The van der Waals surface area contributed by atoms with Gasteiger partial charge < -0.3 is 14.9 Å². The standard InChI is InChI=1S/C18H22O4S/c1-18(2,9-10-22-16(20)11-23)17(21)14-7-8-15(19)13-6-4-3-5-12(13)14/h3-8,17,19,21,23H,9-11H2,1-2H3/t17-/m1/s1. The summed E-state index contributed by atoms with van der Waals surface area (Å²) in [6.07, 6.45) is -0.231. The Balaban J connectivity index is 2.23. The molecular weight excluding hydrogens is 312 g/mol. The Morgan fingerprint density at radius 3 is 2.52 bits per heavy atom. The molecule has 1 atom stereocenters. The van der Waals surface area contributed by atoms with Crippen LogP contribution in [0.5, 0.6) is 5.75 Å². The maximum absolute atomic E-state index is 11.2. The summed E-state index contributed by atoms with van der Waals surface area (Å²) in [5.74, 6) is -0.128. The molecular formula is C18H22O4S. The molecule has 23 heavy (non-hydrogen) atoms. The molecule has 2 N–H and O–H groups in total. The monoisotopic (exact) mass is 334 g/mol. The SMILES string of the molecule is CC(C)(CCOC(=O)CS)[C@H](O)c1ccc(O)c2ccccc12. The van der Waals surface area contributed by atoms with Gasteiger partial charge in [0, 0.05) is 5.39 Å². The molecule has 0 spiro atoms. The summed E-state index contributed by atoms with van der Waals surface area (Å²) >= 11 is 3.86. The fourth-order valence-electron chi connectivity index (χ4n) is 2.58. The zero-order valence-corrected chi connectivity index (χ0v) is 14.2. The number of aromatic hydroxyl groups is 1. The number of aliphatic hydroxyl groups is 1. The van der Waals surface area contributed by atoms with Gasteiger partial charge >= 0.3 is 5.97 Å². The summed E-state index contributed by atoms with van der Waals surface area (Å²) in [6, 6.07) is 10.8. The van der Waals surface area contributed by atoms with Gasteiger partial charge in [0.25, 0.3) is 0 Å². The minimum Gasteiger partial charge on any atom is -0.507 e. The molecule has 2 aromatic carbocycles. The van der Waals surface area contributed by atoms with E-state index in [2.05, 4.69) is 12.6 Å². The minimum atomic E-state index is -0.747. The maximum atomic E-state index is 11.2. The van der Waals surface area contributed by atoms with Crippen molar-refractivity contribution in [2.24, 2.45) is 5.41 Å². The van der Waals surface area contributed by atoms with Gasteiger partial charge in [0.1, 0.15) is 5.75 Å². The second-order valence-corrected chi connectivity index (χ2v) is 6.56. The molecule has 0 aliphatic rings. The molecule has 0 saturated heterocycles. The van der Waals surface area contributed by atoms with Crippen LogP contribution in [-0.4, -0.2) is 28.5 Å². The van der Waals surface area contributed by atoms with Crippen molar-refractivity contribution in [1.29, 1.82) is 0 Å². The van der Waals surface area contributed by atoms with Gasteiger partial charge in [-0.3, -0.25) is 4.79 Å². The Hall–Kier alpha value is -1.72. The topological polar surface area (TPSA) is 66.8 Å². The molecule has 4 nitrogen and oxygen atoms in total. The van der Waals surface area contributed by atoms with E-state index in [1.165, 1.54) is 0 Å². The molecule has 0 fully saturated rings. The van der Waals surface area contributed by atoms with E-state index in [4.69, 9.17) is 4.74 Å². The zero-order chi connectivity index (χ0) is 17.0. The van der Waals surface area contributed by atoms with Gasteiger partial charge in [0.05, 0.1) is 18.5 Å². The number of rotatable bonds is 6. The van der Waals surface area contributed by atoms with Crippen molar-refractivity contribution in [2.45, 2.75) is 26.4 Å².